The van der Waals surface area contributed by atoms with E-state index in [4.69, 9.17) is 4.42 Å². The van der Waals surface area contributed by atoms with Gasteiger partial charge >= 0.3 is 0 Å². The van der Waals surface area contributed by atoms with Crippen molar-refractivity contribution in [3.8, 4) is 0 Å². The van der Waals surface area contributed by atoms with Gasteiger partial charge in [-0.15, -0.1) is 0 Å². The quantitative estimate of drug-likeness (QED) is 0.634. The van der Waals surface area contributed by atoms with Crippen LogP contribution >= 0.6 is 0 Å². The molecule has 2 rings (SSSR count). The zero-order valence-electron chi connectivity index (χ0n) is 8.64. The molecule has 0 saturated heterocycles. The Morgan fingerprint density at radius 1 is 1.38 bits per heavy atom. The standard InChI is InChI=1S/C11H10N2O3/c1-8-4-5-9(10(7-8)13(14)15)12-11-3-2-6-16-11/h2-7,12H,1H3. The third-order valence-electron chi connectivity index (χ3n) is 2.13. The van der Waals surface area contributed by atoms with Gasteiger partial charge in [-0.2, -0.15) is 0 Å². The van der Waals surface area contributed by atoms with E-state index in [1.54, 1.807) is 24.3 Å². The number of benzene rings is 1. The molecule has 1 heterocycles. The van der Waals surface area contributed by atoms with E-state index in [9.17, 15) is 10.1 Å². The molecule has 1 aromatic heterocycles. The number of nitro benzene ring substituents is 1. The van der Waals surface area contributed by atoms with Crippen LogP contribution in [-0.4, -0.2) is 4.92 Å². The fraction of sp³-hybridized carbons (Fsp3) is 0.0909. The second kappa shape index (κ2) is 4.06. The highest BCUT2D eigenvalue weighted by Crippen LogP contribution is 2.28. The molecule has 0 atom stereocenters. The van der Waals surface area contributed by atoms with Crippen LogP contribution in [0, 0.1) is 17.0 Å². The molecule has 0 aliphatic carbocycles. The highest BCUT2D eigenvalue weighted by molar-refractivity contribution is 5.67. The van der Waals surface area contributed by atoms with Crippen LogP contribution in [0.25, 0.3) is 0 Å². The van der Waals surface area contributed by atoms with E-state index in [1.165, 1.54) is 12.3 Å². The maximum atomic E-state index is 10.8. The predicted molar refractivity (Wildman–Crippen MR) is 59.8 cm³/mol. The van der Waals surface area contributed by atoms with Gasteiger partial charge in [0.2, 0.25) is 0 Å². The van der Waals surface area contributed by atoms with Crippen LogP contribution in [0.3, 0.4) is 0 Å². The first-order valence-corrected chi connectivity index (χ1v) is 4.72. The highest BCUT2D eigenvalue weighted by Gasteiger charge is 2.14. The summed E-state index contributed by atoms with van der Waals surface area (Å²) in [4.78, 5) is 10.4. The van der Waals surface area contributed by atoms with Crippen LogP contribution in [0.4, 0.5) is 17.3 Å². The molecule has 0 aliphatic rings. The predicted octanol–water partition coefficient (Wildman–Crippen LogP) is 3.24. The Morgan fingerprint density at radius 2 is 2.19 bits per heavy atom. The second-order valence-corrected chi connectivity index (χ2v) is 3.38. The number of nitrogens with one attached hydrogen (secondary N) is 1. The van der Waals surface area contributed by atoms with Gasteiger partial charge in [0.05, 0.1) is 11.2 Å². The summed E-state index contributed by atoms with van der Waals surface area (Å²) in [7, 11) is 0. The molecule has 1 N–H and O–H groups in total. The molecular formula is C11H10N2O3. The van der Waals surface area contributed by atoms with E-state index in [0.29, 0.717) is 11.6 Å². The second-order valence-electron chi connectivity index (χ2n) is 3.38. The highest BCUT2D eigenvalue weighted by atomic mass is 16.6. The van der Waals surface area contributed by atoms with Crippen LogP contribution in [0.2, 0.25) is 0 Å². The summed E-state index contributed by atoms with van der Waals surface area (Å²) in [5.41, 5.74) is 1.30. The summed E-state index contributed by atoms with van der Waals surface area (Å²) in [6.07, 6.45) is 1.50. The monoisotopic (exact) mass is 218 g/mol. The Bertz CT molecular complexity index is 506. The van der Waals surface area contributed by atoms with Crippen LogP contribution in [-0.2, 0) is 0 Å². The van der Waals surface area contributed by atoms with Crippen molar-refractivity contribution in [2.75, 3.05) is 5.32 Å². The number of anilines is 2. The van der Waals surface area contributed by atoms with Gasteiger partial charge in [0.15, 0.2) is 5.88 Å². The van der Waals surface area contributed by atoms with Gasteiger partial charge in [-0.25, -0.2) is 0 Å². The van der Waals surface area contributed by atoms with Crippen LogP contribution in [0.5, 0.6) is 0 Å². The fourth-order valence-corrected chi connectivity index (χ4v) is 1.38. The van der Waals surface area contributed by atoms with Crippen molar-refractivity contribution in [3.05, 3.63) is 52.3 Å². The molecule has 0 aliphatic heterocycles. The van der Waals surface area contributed by atoms with E-state index in [-0.39, 0.29) is 5.69 Å². The van der Waals surface area contributed by atoms with Crippen molar-refractivity contribution >= 4 is 17.3 Å². The minimum absolute atomic E-state index is 0.0383. The van der Waals surface area contributed by atoms with Crippen molar-refractivity contribution in [3.63, 3.8) is 0 Å². The minimum Gasteiger partial charge on any atom is -0.449 e. The lowest BCUT2D eigenvalue weighted by atomic mass is 10.2. The lowest BCUT2D eigenvalue weighted by Gasteiger charge is -2.04. The smallest absolute Gasteiger partial charge is 0.293 e. The maximum absolute atomic E-state index is 10.8. The summed E-state index contributed by atoms with van der Waals surface area (Å²) in [5.74, 6) is 0.479. The van der Waals surface area contributed by atoms with Crippen molar-refractivity contribution in [2.45, 2.75) is 6.92 Å². The Morgan fingerprint density at radius 3 is 2.81 bits per heavy atom. The average Bonchev–Trinajstić information content (AvgIpc) is 2.73. The number of hydrogen-bond donors (Lipinski definition) is 1. The molecule has 0 bridgehead atoms. The molecule has 0 unspecified atom stereocenters. The molecular weight excluding hydrogens is 208 g/mol. The van der Waals surface area contributed by atoms with E-state index in [0.717, 1.165) is 5.56 Å². The van der Waals surface area contributed by atoms with Crippen LogP contribution in [0.15, 0.2) is 41.0 Å². The molecule has 82 valence electrons. The molecule has 2 aromatic rings. The zero-order valence-corrected chi connectivity index (χ0v) is 8.64. The molecule has 0 amide bonds. The van der Waals surface area contributed by atoms with Gasteiger partial charge in [-0.1, -0.05) is 6.07 Å². The van der Waals surface area contributed by atoms with Crippen molar-refractivity contribution in [2.24, 2.45) is 0 Å². The van der Waals surface area contributed by atoms with Gasteiger partial charge in [0, 0.05) is 12.1 Å². The van der Waals surface area contributed by atoms with E-state index < -0.39 is 4.92 Å². The molecule has 5 nitrogen and oxygen atoms in total. The zero-order chi connectivity index (χ0) is 11.5. The fourth-order valence-electron chi connectivity index (χ4n) is 1.38. The number of nitrogens with zero attached hydrogens (tertiary/aromatic N) is 1. The van der Waals surface area contributed by atoms with E-state index >= 15 is 0 Å². The van der Waals surface area contributed by atoms with E-state index in [1.807, 2.05) is 6.92 Å². The molecule has 16 heavy (non-hydrogen) atoms. The van der Waals surface area contributed by atoms with Gasteiger partial charge in [-0.3, -0.25) is 10.1 Å². The molecule has 0 saturated carbocycles. The molecule has 0 spiro atoms. The first-order chi connectivity index (χ1) is 7.66. The third kappa shape index (κ3) is 2.03. The van der Waals surface area contributed by atoms with Crippen LogP contribution < -0.4 is 5.32 Å². The lowest BCUT2D eigenvalue weighted by Crippen LogP contribution is -1.96. The number of aryl methyl sites for hydroxylation is 1. The normalized spacial score (nSPS) is 10.1. The average molecular weight is 218 g/mol. The summed E-state index contributed by atoms with van der Waals surface area (Å²) < 4.78 is 5.07. The van der Waals surface area contributed by atoms with Gasteiger partial charge < -0.3 is 9.73 Å². The third-order valence-corrected chi connectivity index (χ3v) is 2.13. The van der Waals surface area contributed by atoms with E-state index in [2.05, 4.69) is 5.32 Å². The molecule has 1 aromatic carbocycles. The number of nitro groups is 1. The first kappa shape index (κ1) is 10.2. The SMILES string of the molecule is Cc1ccc(Nc2ccco2)c([N+](=O)[O-])c1. The number of furan rings is 1. The summed E-state index contributed by atoms with van der Waals surface area (Å²) in [6, 6.07) is 8.39. The largest absolute Gasteiger partial charge is 0.449 e. The Kier molecular flexibility index (Phi) is 2.59. The number of rotatable bonds is 3. The van der Waals surface area contributed by atoms with Crippen molar-refractivity contribution < 1.29 is 9.34 Å². The lowest BCUT2D eigenvalue weighted by molar-refractivity contribution is -0.384. The van der Waals surface area contributed by atoms with Gasteiger partial charge in [0.1, 0.15) is 5.69 Å². The Labute approximate surface area is 91.9 Å². The summed E-state index contributed by atoms with van der Waals surface area (Å²) >= 11 is 0. The summed E-state index contributed by atoms with van der Waals surface area (Å²) in [5, 5.41) is 13.7. The topological polar surface area (TPSA) is 68.3 Å². The minimum atomic E-state index is -0.418. The summed E-state index contributed by atoms with van der Waals surface area (Å²) in [6.45, 7) is 1.81. The van der Waals surface area contributed by atoms with Crippen molar-refractivity contribution in [1.82, 2.24) is 0 Å². The van der Waals surface area contributed by atoms with Gasteiger partial charge in [-0.05, 0) is 24.6 Å². The molecule has 0 fully saturated rings. The molecule has 0 radical (unpaired) electrons. The Balaban J connectivity index is 2.36. The Hall–Kier alpha value is -2.30. The molecule has 5 heteroatoms. The van der Waals surface area contributed by atoms with Gasteiger partial charge in [0.25, 0.3) is 5.69 Å². The number of hydrogen-bond acceptors (Lipinski definition) is 4. The maximum Gasteiger partial charge on any atom is 0.293 e. The van der Waals surface area contributed by atoms with Crippen LogP contribution in [0.1, 0.15) is 5.56 Å². The van der Waals surface area contributed by atoms with Crippen molar-refractivity contribution in [1.29, 1.82) is 0 Å². The first-order valence-electron chi connectivity index (χ1n) is 4.72.